The summed E-state index contributed by atoms with van der Waals surface area (Å²) < 4.78 is 32.0. The van der Waals surface area contributed by atoms with Gasteiger partial charge in [-0.3, -0.25) is 9.59 Å². The number of amides is 2. The van der Waals surface area contributed by atoms with Gasteiger partial charge in [0.15, 0.2) is 5.69 Å². The van der Waals surface area contributed by atoms with Crippen molar-refractivity contribution in [2.75, 3.05) is 10.6 Å². The quantitative estimate of drug-likeness (QED) is 0.229. The highest BCUT2D eigenvalue weighted by Crippen LogP contribution is 2.32. The number of rotatable bonds is 7. The number of aryl methyl sites for hydroxylation is 2. The van der Waals surface area contributed by atoms with Crippen LogP contribution < -0.4 is 10.6 Å². The van der Waals surface area contributed by atoms with Crippen molar-refractivity contribution >= 4 is 55.6 Å². The van der Waals surface area contributed by atoms with Crippen molar-refractivity contribution in [3.05, 3.63) is 112 Å². The number of carbonyl (C=O) groups excluding carboxylic acids is 2. The van der Waals surface area contributed by atoms with Gasteiger partial charge in [-0.15, -0.1) is 0 Å². The van der Waals surface area contributed by atoms with E-state index in [4.69, 9.17) is 16.0 Å². The second-order valence-electron chi connectivity index (χ2n) is 9.11. The number of fused-ring (bicyclic) bond motifs is 1. The van der Waals surface area contributed by atoms with Gasteiger partial charge in [-0.05, 0) is 49.2 Å². The molecule has 2 heterocycles. The van der Waals surface area contributed by atoms with E-state index in [1.165, 1.54) is 0 Å². The fourth-order valence-corrected chi connectivity index (χ4v) is 5.51. The number of nitrogens with one attached hydrogen (secondary N) is 2. The van der Waals surface area contributed by atoms with Gasteiger partial charge in [0.1, 0.15) is 11.3 Å². The lowest BCUT2D eigenvalue weighted by atomic mass is 10.1. The fourth-order valence-electron chi connectivity index (χ4n) is 4.03. The Morgan fingerprint density at radius 1 is 0.900 bits per heavy atom. The van der Waals surface area contributed by atoms with Gasteiger partial charge in [0, 0.05) is 11.1 Å². The minimum Gasteiger partial charge on any atom is -0.449 e. The van der Waals surface area contributed by atoms with E-state index < -0.39 is 26.8 Å². The topological polar surface area (TPSA) is 131 Å². The maximum absolute atomic E-state index is 13.4. The number of hydrogen-bond donors (Lipinski definition) is 2. The molecule has 0 aliphatic carbocycles. The predicted molar refractivity (Wildman–Crippen MR) is 152 cm³/mol. The van der Waals surface area contributed by atoms with Crippen molar-refractivity contribution in [3.63, 3.8) is 0 Å². The average Bonchev–Trinajstić information content (AvgIpc) is 3.29. The first-order valence-electron chi connectivity index (χ1n) is 12.1. The smallest absolute Gasteiger partial charge is 0.293 e. The number of furan rings is 1. The van der Waals surface area contributed by atoms with E-state index in [1.54, 1.807) is 61.5 Å². The monoisotopic (exact) mass is 574 g/mol. The van der Waals surface area contributed by atoms with Gasteiger partial charge in [-0.1, -0.05) is 65.7 Å². The SMILES string of the molecule is Cc1ccc(NC(=O)c2oc3ccccc3c2NC(=O)c2nc(S(=O)(=O)Cc3ccccc3C)ncc2Cl)cc1. The Morgan fingerprint density at radius 2 is 1.60 bits per heavy atom. The highest BCUT2D eigenvalue weighted by atomic mass is 35.5. The van der Waals surface area contributed by atoms with E-state index >= 15 is 0 Å². The summed E-state index contributed by atoms with van der Waals surface area (Å²) in [5, 5.41) is 5.15. The molecule has 0 spiro atoms. The number of aromatic nitrogens is 2. The van der Waals surface area contributed by atoms with Crippen LogP contribution in [0.4, 0.5) is 11.4 Å². The molecule has 5 aromatic rings. The van der Waals surface area contributed by atoms with Gasteiger partial charge in [0.05, 0.1) is 17.0 Å². The van der Waals surface area contributed by atoms with Crippen molar-refractivity contribution in [1.82, 2.24) is 9.97 Å². The van der Waals surface area contributed by atoms with Gasteiger partial charge >= 0.3 is 0 Å². The maximum Gasteiger partial charge on any atom is 0.293 e. The molecule has 2 N–H and O–H groups in total. The van der Waals surface area contributed by atoms with E-state index in [9.17, 15) is 18.0 Å². The number of benzene rings is 3. The molecule has 202 valence electrons. The van der Waals surface area contributed by atoms with Crippen molar-refractivity contribution in [2.45, 2.75) is 24.8 Å². The highest BCUT2D eigenvalue weighted by molar-refractivity contribution is 7.90. The van der Waals surface area contributed by atoms with E-state index in [1.807, 2.05) is 25.1 Å². The Bertz CT molecular complexity index is 1870. The zero-order chi connectivity index (χ0) is 28.4. The molecule has 0 atom stereocenters. The second kappa shape index (κ2) is 10.9. The van der Waals surface area contributed by atoms with Crippen LogP contribution in [0, 0.1) is 13.8 Å². The first kappa shape index (κ1) is 27.0. The summed E-state index contributed by atoms with van der Waals surface area (Å²) in [5.41, 5.74) is 3.02. The van der Waals surface area contributed by atoms with Crippen molar-refractivity contribution in [1.29, 1.82) is 0 Å². The molecule has 3 aromatic carbocycles. The third-order valence-corrected chi connectivity index (χ3v) is 7.89. The number of anilines is 2. The van der Waals surface area contributed by atoms with Crippen molar-refractivity contribution in [3.8, 4) is 0 Å². The number of para-hydroxylation sites is 1. The largest absolute Gasteiger partial charge is 0.449 e. The van der Waals surface area contributed by atoms with E-state index in [-0.39, 0.29) is 27.9 Å². The molecule has 0 bridgehead atoms. The van der Waals surface area contributed by atoms with E-state index in [0.717, 1.165) is 17.3 Å². The molecule has 0 radical (unpaired) electrons. The van der Waals surface area contributed by atoms with Crippen LogP contribution in [0.25, 0.3) is 11.0 Å². The lowest BCUT2D eigenvalue weighted by molar-refractivity contribution is 0.0999. The number of hydrogen-bond acceptors (Lipinski definition) is 7. The molecule has 0 aliphatic rings. The third-order valence-electron chi connectivity index (χ3n) is 6.17. The average molecular weight is 575 g/mol. The summed E-state index contributed by atoms with van der Waals surface area (Å²) in [6.07, 6.45) is 1.06. The van der Waals surface area contributed by atoms with Crippen LogP contribution in [0.15, 0.2) is 88.6 Å². The Hall–Kier alpha value is -4.54. The Labute approximate surface area is 235 Å². The molecular formula is C29H23ClN4O5S. The molecule has 0 fully saturated rings. The molecule has 11 heteroatoms. The van der Waals surface area contributed by atoms with Crippen LogP contribution in [0.2, 0.25) is 5.02 Å². The van der Waals surface area contributed by atoms with E-state index in [2.05, 4.69) is 20.6 Å². The van der Waals surface area contributed by atoms with Gasteiger partial charge in [0.25, 0.3) is 11.8 Å². The summed E-state index contributed by atoms with van der Waals surface area (Å²) in [4.78, 5) is 34.4. The maximum atomic E-state index is 13.4. The highest BCUT2D eigenvalue weighted by Gasteiger charge is 2.27. The van der Waals surface area contributed by atoms with E-state index in [0.29, 0.717) is 22.2 Å². The first-order chi connectivity index (χ1) is 19.1. The molecule has 0 unspecified atom stereocenters. The summed E-state index contributed by atoms with van der Waals surface area (Å²) in [6.45, 7) is 3.73. The van der Waals surface area contributed by atoms with Crippen molar-refractivity contribution in [2.24, 2.45) is 0 Å². The minimum atomic E-state index is -4.01. The molecule has 5 rings (SSSR count). The molecular weight excluding hydrogens is 552 g/mol. The lowest BCUT2D eigenvalue weighted by Crippen LogP contribution is -2.20. The summed E-state index contributed by atoms with van der Waals surface area (Å²) >= 11 is 6.22. The molecule has 9 nitrogen and oxygen atoms in total. The van der Waals surface area contributed by atoms with Gasteiger partial charge in [-0.25, -0.2) is 18.4 Å². The molecule has 2 amide bonds. The number of carbonyl (C=O) groups is 2. The second-order valence-corrected chi connectivity index (χ2v) is 11.4. The Balaban J connectivity index is 1.47. The van der Waals surface area contributed by atoms with Crippen LogP contribution in [0.5, 0.6) is 0 Å². The van der Waals surface area contributed by atoms with Crippen LogP contribution in [0.1, 0.15) is 37.7 Å². The predicted octanol–water partition coefficient (Wildman–Crippen LogP) is 5.97. The standard InChI is InChI=1S/C29H23ClN4O5S/c1-17-11-13-20(14-12-17)32-28(36)26-24(21-9-5-6-10-23(21)39-26)33-27(35)25-22(30)15-31-29(34-25)40(37,38)16-19-8-4-3-7-18(19)2/h3-15H,16H2,1-2H3,(H,32,36)(H,33,35). The minimum absolute atomic E-state index is 0.0872. The molecule has 0 aliphatic heterocycles. The zero-order valence-corrected chi connectivity index (χ0v) is 23.0. The third kappa shape index (κ3) is 5.58. The van der Waals surface area contributed by atoms with Crippen LogP contribution in [-0.4, -0.2) is 30.2 Å². The van der Waals surface area contributed by atoms with Gasteiger partial charge in [0.2, 0.25) is 20.8 Å². The van der Waals surface area contributed by atoms with Crippen LogP contribution in [0.3, 0.4) is 0 Å². The number of halogens is 1. The normalized spacial score (nSPS) is 11.4. The molecule has 40 heavy (non-hydrogen) atoms. The molecule has 0 saturated heterocycles. The number of nitrogens with zero attached hydrogens (tertiary/aromatic N) is 2. The van der Waals surface area contributed by atoms with Crippen LogP contribution >= 0.6 is 11.6 Å². The summed E-state index contributed by atoms with van der Waals surface area (Å²) in [5.74, 6) is -1.92. The number of sulfone groups is 1. The summed E-state index contributed by atoms with van der Waals surface area (Å²) in [6, 6.07) is 21.0. The van der Waals surface area contributed by atoms with Gasteiger partial charge < -0.3 is 15.1 Å². The van der Waals surface area contributed by atoms with Crippen molar-refractivity contribution < 1.29 is 22.4 Å². The van der Waals surface area contributed by atoms with Crippen LogP contribution in [-0.2, 0) is 15.6 Å². The molecule has 0 saturated carbocycles. The Kier molecular flexibility index (Phi) is 7.38. The fraction of sp³-hybridized carbons (Fsp3) is 0.103. The Morgan fingerprint density at radius 3 is 2.35 bits per heavy atom. The van der Waals surface area contributed by atoms with Gasteiger partial charge in [-0.2, -0.15) is 0 Å². The summed E-state index contributed by atoms with van der Waals surface area (Å²) in [7, 11) is -4.01. The lowest BCUT2D eigenvalue weighted by Gasteiger charge is -2.10. The first-order valence-corrected chi connectivity index (χ1v) is 14.2. The molecule has 2 aromatic heterocycles. The zero-order valence-electron chi connectivity index (χ0n) is 21.4.